The van der Waals surface area contributed by atoms with Crippen molar-refractivity contribution in [1.29, 1.82) is 0 Å². The average Bonchev–Trinajstić information content (AvgIpc) is 4.04. The summed E-state index contributed by atoms with van der Waals surface area (Å²) in [6.07, 6.45) is 1.12. The zero-order valence-electron chi connectivity index (χ0n) is 46.9. The summed E-state index contributed by atoms with van der Waals surface area (Å²) in [5, 5.41) is 12.4. The first-order chi connectivity index (χ1) is 39.6. The molecule has 5 rings (SSSR count). The van der Waals surface area contributed by atoms with Crippen molar-refractivity contribution in [3.63, 3.8) is 0 Å². The van der Waals surface area contributed by atoms with Gasteiger partial charge in [-0.15, -0.1) is 0 Å². The van der Waals surface area contributed by atoms with Crippen LogP contribution < -0.4 is 15.5 Å². The molecule has 0 saturated carbocycles. The standard InChI is InChI=1S/C55H85F3N8O15/c1-45-40-49(51-4-8-62-63-51)53(60-42-45)66-10-5-46(6-11-66)54(69)59-9-17-71-19-21-73-23-25-75-27-29-77-31-33-79-35-37-81-39-38-80-36-34-78-32-30-76-28-26-74-24-22-72-20-18-70-16-7-52(68)65-14-12-64(13-15-65)43-47-2-3-48(61-44-67)41-50(47)55(56,57)58/h2-4,8,40-42,44,46H,5-7,9-39,43H2,1H3,(H,59,69)(H,61,67)(H,62,63). The molecule has 2 aromatic heterocycles. The van der Waals surface area contributed by atoms with Gasteiger partial charge in [-0.2, -0.15) is 18.3 Å². The third-order valence-electron chi connectivity index (χ3n) is 12.8. The van der Waals surface area contributed by atoms with Gasteiger partial charge in [-0.25, -0.2) is 4.98 Å². The van der Waals surface area contributed by atoms with Crippen molar-refractivity contribution in [1.82, 2.24) is 30.3 Å². The van der Waals surface area contributed by atoms with Gasteiger partial charge in [0.2, 0.25) is 18.2 Å². The van der Waals surface area contributed by atoms with Crippen LogP contribution in [0.25, 0.3) is 11.3 Å². The Kier molecular flexibility index (Phi) is 33.9. The first-order valence-corrected chi connectivity index (χ1v) is 27.9. The van der Waals surface area contributed by atoms with Crippen molar-refractivity contribution < 1.29 is 84.4 Å². The Balaban J connectivity index is 0.664. The first kappa shape index (κ1) is 66.9. The van der Waals surface area contributed by atoms with Gasteiger partial charge >= 0.3 is 6.18 Å². The van der Waals surface area contributed by atoms with E-state index in [0.29, 0.717) is 191 Å². The molecular formula is C55H85F3N8O15. The van der Waals surface area contributed by atoms with E-state index in [-0.39, 0.29) is 48.6 Å². The van der Waals surface area contributed by atoms with Crippen LogP contribution in [-0.4, -0.2) is 248 Å². The average molecular weight is 1160 g/mol. The van der Waals surface area contributed by atoms with Gasteiger partial charge in [0.15, 0.2) is 0 Å². The van der Waals surface area contributed by atoms with Gasteiger partial charge in [0.1, 0.15) is 5.82 Å². The summed E-state index contributed by atoms with van der Waals surface area (Å²) in [5.41, 5.74) is 2.43. The maximum Gasteiger partial charge on any atom is 0.416 e. The molecule has 2 aliphatic heterocycles. The molecule has 2 saturated heterocycles. The van der Waals surface area contributed by atoms with Gasteiger partial charge in [-0.1, -0.05) is 6.07 Å². The van der Waals surface area contributed by atoms with Crippen molar-refractivity contribution in [2.45, 2.75) is 38.9 Å². The van der Waals surface area contributed by atoms with Crippen LogP contribution >= 0.6 is 0 Å². The van der Waals surface area contributed by atoms with Gasteiger partial charge in [-0.05, 0) is 55.2 Å². The second kappa shape index (κ2) is 41.1. The number of aryl methyl sites for hydroxylation is 1. The maximum absolute atomic E-state index is 13.6. The summed E-state index contributed by atoms with van der Waals surface area (Å²) in [6.45, 7) is 16.0. The van der Waals surface area contributed by atoms with Crippen LogP contribution in [0.15, 0.2) is 42.7 Å². The number of anilines is 2. The number of aromatic amines is 1. The smallest absolute Gasteiger partial charge is 0.379 e. The summed E-state index contributed by atoms with van der Waals surface area (Å²) < 4.78 is 107. The Labute approximate surface area is 473 Å². The predicted octanol–water partition coefficient (Wildman–Crippen LogP) is 3.63. The molecule has 0 unspecified atom stereocenters. The highest BCUT2D eigenvalue weighted by Crippen LogP contribution is 2.35. The van der Waals surface area contributed by atoms with Crippen molar-refractivity contribution >= 4 is 29.7 Å². The number of hydrogen-bond donors (Lipinski definition) is 3. The fourth-order valence-corrected chi connectivity index (χ4v) is 8.53. The van der Waals surface area contributed by atoms with Crippen molar-refractivity contribution in [3.05, 3.63) is 59.4 Å². The number of alkyl halides is 3. The highest BCUT2D eigenvalue weighted by atomic mass is 19.4. The molecule has 0 atom stereocenters. The van der Waals surface area contributed by atoms with E-state index in [2.05, 4.69) is 31.8 Å². The molecule has 81 heavy (non-hydrogen) atoms. The van der Waals surface area contributed by atoms with Crippen LogP contribution in [0.3, 0.4) is 0 Å². The second-order valence-electron chi connectivity index (χ2n) is 18.8. The predicted molar refractivity (Wildman–Crippen MR) is 292 cm³/mol. The highest BCUT2D eigenvalue weighted by molar-refractivity contribution is 5.79. The molecule has 2 fully saturated rings. The number of benzene rings is 1. The molecule has 3 aromatic rings. The number of piperidine rings is 1. The number of amides is 3. The largest absolute Gasteiger partial charge is 0.416 e. The molecule has 0 radical (unpaired) electrons. The quantitative estimate of drug-likeness (QED) is 0.0541. The molecule has 26 heteroatoms. The number of pyridine rings is 1. The maximum atomic E-state index is 13.6. The van der Waals surface area contributed by atoms with E-state index in [1.54, 1.807) is 11.1 Å². The summed E-state index contributed by atoms with van der Waals surface area (Å²) in [4.78, 5) is 46.6. The number of ether oxygens (including phenoxy) is 12. The summed E-state index contributed by atoms with van der Waals surface area (Å²) >= 11 is 0. The Morgan fingerprint density at radius 3 is 1.54 bits per heavy atom. The molecule has 0 spiro atoms. The Morgan fingerprint density at radius 1 is 0.630 bits per heavy atom. The van der Waals surface area contributed by atoms with Crippen LogP contribution in [0.4, 0.5) is 24.7 Å². The van der Waals surface area contributed by atoms with Crippen LogP contribution in [0.2, 0.25) is 0 Å². The normalized spacial score (nSPS) is 14.5. The van der Waals surface area contributed by atoms with Gasteiger partial charge in [0.25, 0.3) is 0 Å². The lowest BCUT2D eigenvalue weighted by atomic mass is 9.95. The molecule has 4 heterocycles. The van der Waals surface area contributed by atoms with Crippen molar-refractivity contribution in [2.24, 2.45) is 5.92 Å². The van der Waals surface area contributed by atoms with Crippen LogP contribution in [0.5, 0.6) is 0 Å². The molecule has 23 nitrogen and oxygen atoms in total. The molecule has 0 aliphatic carbocycles. The van der Waals surface area contributed by atoms with E-state index in [0.717, 1.165) is 54.6 Å². The van der Waals surface area contributed by atoms with Crippen LogP contribution in [-0.2, 0) is 83.9 Å². The van der Waals surface area contributed by atoms with E-state index in [1.807, 2.05) is 24.1 Å². The lowest BCUT2D eigenvalue weighted by Crippen LogP contribution is -2.48. The Morgan fingerprint density at radius 2 is 1.10 bits per heavy atom. The zero-order chi connectivity index (χ0) is 57.4. The number of carbonyl (C=O) groups excluding carboxylic acids is 3. The summed E-state index contributed by atoms with van der Waals surface area (Å²) in [7, 11) is 0. The van der Waals surface area contributed by atoms with Gasteiger partial charge in [-0.3, -0.25) is 24.4 Å². The van der Waals surface area contributed by atoms with Crippen molar-refractivity contribution in [2.75, 3.05) is 215 Å². The fraction of sp³-hybridized carbons (Fsp3) is 0.691. The molecule has 1 aromatic carbocycles. The Bertz CT molecular complexity index is 2140. The van der Waals surface area contributed by atoms with Crippen LogP contribution in [0, 0.1) is 12.8 Å². The number of carbonyl (C=O) groups is 3. The lowest BCUT2D eigenvalue weighted by molar-refractivity contribution is -0.138. The monoisotopic (exact) mass is 1150 g/mol. The minimum absolute atomic E-state index is 0.0311. The number of piperazine rings is 1. The number of rotatable bonds is 46. The topological polar surface area (TPSA) is 237 Å². The van der Waals surface area contributed by atoms with Crippen molar-refractivity contribution in [3.8, 4) is 11.3 Å². The summed E-state index contributed by atoms with van der Waals surface area (Å²) in [5.74, 6) is 0.880. The van der Waals surface area contributed by atoms with Gasteiger partial charge in [0, 0.05) is 81.9 Å². The number of halogens is 3. The molecule has 2 aliphatic rings. The Hall–Kier alpha value is -4.94. The number of aromatic nitrogens is 3. The molecule has 3 N–H and O–H groups in total. The van der Waals surface area contributed by atoms with Crippen LogP contribution in [0.1, 0.15) is 36.0 Å². The SMILES string of the molecule is Cc1cnc(N2CCC(C(=O)NCCOCCOCCOCCOCCOCCOCCOCCOCCOCCOCCOCCOCCC(=O)N3CCN(Cc4ccc(NC=O)cc4C(F)(F)F)CC3)CC2)c(-c2ccn[nH]2)c1. The van der Waals surface area contributed by atoms with E-state index in [1.165, 1.54) is 12.1 Å². The minimum Gasteiger partial charge on any atom is -0.379 e. The number of H-pyrrole nitrogens is 1. The molecule has 456 valence electrons. The van der Waals surface area contributed by atoms with E-state index >= 15 is 0 Å². The lowest BCUT2D eigenvalue weighted by Gasteiger charge is -2.35. The molecular weight excluding hydrogens is 1070 g/mol. The number of hydrogen-bond acceptors (Lipinski definition) is 19. The molecule has 0 bridgehead atoms. The minimum atomic E-state index is -4.56. The molecule has 3 amide bonds. The summed E-state index contributed by atoms with van der Waals surface area (Å²) in [6, 6.07) is 7.80. The van der Waals surface area contributed by atoms with Gasteiger partial charge < -0.3 is 77.3 Å². The van der Waals surface area contributed by atoms with Gasteiger partial charge in [0.05, 0.1) is 176 Å². The van der Waals surface area contributed by atoms with E-state index < -0.39 is 11.7 Å². The zero-order valence-corrected chi connectivity index (χ0v) is 46.9. The second-order valence-corrected chi connectivity index (χ2v) is 18.8. The van der Waals surface area contributed by atoms with E-state index in [9.17, 15) is 27.6 Å². The fourth-order valence-electron chi connectivity index (χ4n) is 8.53. The highest BCUT2D eigenvalue weighted by Gasteiger charge is 2.34. The third kappa shape index (κ3) is 28.3. The third-order valence-corrected chi connectivity index (χ3v) is 12.8. The number of nitrogens with zero attached hydrogens (tertiary/aromatic N) is 5. The number of nitrogens with one attached hydrogen (secondary N) is 3. The van der Waals surface area contributed by atoms with E-state index in [4.69, 9.17) is 61.8 Å². The first-order valence-electron chi connectivity index (χ1n) is 27.9.